The molecule has 0 radical (unpaired) electrons. The van der Waals surface area contributed by atoms with E-state index >= 15 is 0 Å². The lowest BCUT2D eigenvalue weighted by molar-refractivity contribution is 0.0593. The first-order valence-corrected chi connectivity index (χ1v) is 4.42. The minimum atomic E-state index is -0.864. The molecule has 3 nitrogen and oxygen atoms in total. The molecular weight excluding hydrogens is 255 g/mol. The van der Waals surface area contributed by atoms with Crippen LogP contribution < -0.4 is 0 Å². The molecule has 14 heavy (non-hydrogen) atoms. The number of halogens is 2. The van der Waals surface area contributed by atoms with Crippen molar-refractivity contribution in [3.05, 3.63) is 33.5 Å². The number of rotatable bonds is 2. The normalized spacial score (nSPS) is 9.64. The largest absolute Gasteiger partial charge is 0.465 e. The van der Waals surface area contributed by atoms with E-state index in [4.69, 9.17) is 0 Å². The monoisotopic (exact) mass is 260 g/mol. The zero-order valence-corrected chi connectivity index (χ0v) is 8.80. The van der Waals surface area contributed by atoms with Crippen molar-refractivity contribution in [1.29, 1.82) is 0 Å². The minimum absolute atomic E-state index is 0.0382. The van der Waals surface area contributed by atoms with Crippen LogP contribution in [-0.4, -0.2) is 19.4 Å². The number of hydrogen-bond donors (Lipinski definition) is 0. The molecule has 1 aromatic carbocycles. The fraction of sp³-hybridized carbons (Fsp3) is 0.111. The summed E-state index contributed by atoms with van der Waals surface area (Å²) < 4.78 is 18.0. The predicted octanol–water partition coefficient (Wildman–Crippen LogP) is 2.19. The Morgan fingerprint density at radius 3 is 2.71 bits per heavy atom. The number of methoxy groups -OCH3 is 1. The van der Waals surface area contributed by atoms with Crippen LogP contribution in [0.4, 0.5) is 4.39 Å². The lowest BCUT2D eigenvalue weighted by atomic mass is 10.1. The Bertz CT molecular complexity index is 390. The molecule has 0 aliphatic rings. The molecule has 0 fully saturated rings. The van der Waals surface area contributed by atoms with Gasteiger partial charge in [0.1, 0.15) is 11.4 Å². The lowest BCUT2D eigenvalue weighted by Gasteiger charge is -2.04. The summed E-state index contributed by atoms with van der Waals surface area (Å²) in [5, 5.41) is 0. The van der Waals surface area contributed by atoms with Crippen molar-refractivity contribution in [3.8, 4) is 0 Å². The van der Waals surface area contributed by atoms with Gasteiger partial charge in [0, 0.05) is 10.0 Å². The van der Waals surface area contributed by atoms with E-state index in [1.54, 1.807) is 0 Å². The molecule has 0 aliphatic heterocycles. The first-order chi connectivity index (χ1) is 6.60. The number of benzene rings is 1. The summed E-state index contributed by atoms with van der Waals surface area (Å²) in [5.74, 6) is -1.65. The fourth-order valence-corrected chi connectivity index (χ4v) is 1.45. The third-order valence-electron chi connectivity index (χ3n) is 1.60. The molecule has 0 unspecified atom stereocenters. The lowest BCUT2D eigenvalue weighted by Crippen LogP contribution is -2.08. The second-order valence-corrected chi connectivity index (χ2v) is 3.38. The SMILES string of the molecule is COC(=O)c1c(F)cc(Br)cc1C=O. The quantitative estimate of drug-likeness (QED) is 0.605. The Morgan fingerprint density at radius 2 is 2.21 bits per heavy atom. The summed E-state index contributed by atoms with van der Waals surface area (Å²) in [6.45, 7) is 0. The first kappa shape index (κ1) is 10.8. The molecule has 0 saturated heterocycles. The van der Waals surface area contributed by atoms with E-state index in [1.165, 1.54) is 6.07 Å². The van der Waals surface area contributed by atoms with E-state index in [1.807, 2.05) is 0 Å². The highest BCUT2D eigenvalue weighted by molar-refractivity contribution is 9.10. The van der Waals surface area contributed by atoms with E-state index in [9.17, 15) is 14.0 Å². The summed E-state index contributed by atoms with van der Waals surface area (Å²) >= 11 is 3.01. The van der Waals surface area contributed by atoms with E-state index < -0.39 is 11.8 Å². The van der Waals surface area contributed by atoms with Crippen molar-refractivity contribution in [3.63, 3.8) is 0 Å². The Morgan fingerprint density at radius 1 is 1.57 bits per heavy atom. The zero-order chi connectivity index (χ0) is 10.7. The molecule has 0 saturated carbocycles. The molecule has 0 spiro atoms. The molecular formula is C9H6BrFO3. The minimum Gasteiger partial charge on any atom is -0.465 e. The van der Waals surface area contributed by atoms with Gasteiger partial charge in [-0.15, -0.1) is 0 Å². The van der Waals surface area contributed by atoms with Gasteiger partial charge < -0.3 is 4.74 Å². The standard InChI is InChI=1S/C9H6BrFO3/c1-14-9(13)8-5(4-12)2-6(10)3-7(8)11/h2-4H,1H3. The highest BCUT2D eigenvalue weighted by Crippen LogP contribution is 2.20. The van der Waals surface area contributed by atoms with Crippen molar-refractivity contribution in [2.24, 2.45) is 0 Å². The van der Waals surface area contributed by atoms with Gasteiger partial charge in [-0.05, 0) is 12.1 Å². The number of esters is 1. The van der Waals surface area contributed by atoms with E-state index in [0.717, 1.165) is 13.2 Å². The molecule has 1 rings (SSSR count). The van der Waals surface area contributed by atoms with Crippen LogP contribution in [-0.2, 0) is 4.74 Å². The summed E-state index contributed by atoms with van der Waals surface area (Å²) in [7, 11) is 1.12. The van der Waals surface area contributed by atoms with Crippen LogP contribution in [0.15, 0.2) is 16.6 Å². The maximum absolute atomic E-state index is 13.2. The van der Waals surface area contributed by atoms with Crippen molar-refractivity contribution in [1.82, 2.24) is 0 Å². The van der Waals surface area contributed by atoms with Gasteiger partial charge in [0.15, 0.2) is 6.29 Å². The van der Waals surface area contributed by atoms with Gasteiger partial charge in [0.2, 0.25) is 0 Å². The molecule has 0 N–H and O–H groups in total. The maximum Gasteiger partial charge on any atom is 0.341 e. The van der Waals surface area contributed by atoms with Crippen molar-refractivity contribution < 1.29 is 18.7 Å². The van der Waals surface area contributed by atoms with Crippen LogP contribution in [0.5, 0.6) is 0 Å². The molecule has 74 valence electrons. The van der Waals surface area contributed by atoms with Crippen molar-refractivity contribution in [2.75, 3.05) is 7.11 Å². The predicted molar refractivity (Wildman–Crippen MR) is 50.8 cm³/mol. The van der Waals surface area contributed by atoms with Crippen LogP contribution in [0.1, 0.15) is 20.7 Å². The van der Waals surface area contributed by atoms with Gasteiger partial charge in [0.05, 0.1) is 7.11 Å². The Balaban J connectivity index is 3.39. The summed E-state index contributed by atoms with van der Waals surface area (Å²) in [6.07, 6.45) is 0.403. The molecule has 0 aromatic heterocycles. The van der Waals surface area contributed by atoms with Gasteiger partial charge >= 0.3 is 5.97 Å². The van der Waals surface area contributed by atoms with Crippen LogP contribution in [0.2, 0.25) is 0 Å². The van der Waals surface area contributed by atoms with E-state index in [-0.39, 0.29) is 11.1 Å². The summed E-state index contributed by atoms with van der Waals surface area (Å²) in [6, 6.07) is 2.45. The first-order valence-electron chi connectivity index (χ1n) is 3.62. The third kappa shape index (κ3) is 1.98. The molecule has 0 atom stereocenters. The average Bonchev–Trinajstić information content (AvgIpc) is 2.15. The van der Waals surface area contributed by atoms with Crippen LogP contribution in [0, 0.1) is 5.82 Å². The average molecular weight is 261 g/mol. The molecule has 0 aliphatic carbocycles. The van der Waals surface area contributed by atoms with Gasteiger partial charge in [-0.1, -0.05) is 15.9 Å². The van der Waals surface area contributed by atoms with Crippen LogP contribution >= 0.6 is 15.9 Å². The summed E-state index contributed by atoms with van der Waals surface area (Å²) in [4.78, 5) is 21.6. The third-order valence-corrected chi connectivity index (χ3v) is 2.06. The van der Waals surface area contributed by atoms with E-state index in [2.05, 4.69) is 20.7 Å². The number of carbonyl (C=O) groups is 2. The number of hydrogen-bond acceptors (Lipinski definition) is 3. The number of ether oxygens (including phenoxy) is 1. The van der Waals surface area contributed by atoms with Crippen molar-refractivity contribution >= 4 is 28.2 Å². The Kier molecular flexibility index (Phi) is 3.35. The smallest absolute Gasteiger partial charge is 0.341 e. The van der Waals surface area contributed by atoms with E-state index in [0.29, 0.717) is 10.8 Å². The Hall–Kier alpha value is -1.23. The molecule has 5 heteroatoms. The second kappa shape index (κ2) is 4.32. The molecule has 0 amide bonds. The highest BCUT2D eigenvalue weighted by atomic mass is 79.9. The van der Waals surface area contributed by atoms with Gasteiger partial charge in [0.25, 0.3) is 0 Å². The van der Waals surface area contributed by atoms with Crippen LogP contribution in [0.25, 0.3) is 0 Å². The van der Waals surface area contributed by atoms with Gasteiger partial charge in [-0.25, -0.2) is 9.18 Å². The molecule has 0 bridgehead atoms. The molecule has 0 heterocycles. The second-order valence-electron chi connectivity index (χ2n) is 2.46. The topological polar surface area (TPSA) is 43.4 Å². The summed E-state index contributed by atoms with van der Waals surface area (Å²) in [5.41, 5.74) is -0.380. The fourth-order valence-electron chi connectivity index (χ4n) is 1.00. The Labute approximate surface area is 88.0 Å². The highest BCUT2D eigenvalue weighted by Gasteiger charge is 2.17. The molecule has 1 aromatic rings. The number of aldehydes is 1. The number of carbonyl (C=O) groups excluding carboxylic acids is 2. The van der Waals surface area contributed by atoms with Gasteiger partial charge in [-0.3, -0.25) is 4.79 Å². The van der Waals surface area contributed by atoms with Crippen molar-refractivity contribution in [2.45, 2.75) is 0 Å². The maximum atomic E-state index is 13.2. The van der Waals surface area contributed by atoms with Crippen LogP contribution in [0.3, 0.4) is 0 Å². The zero-order valence-electron chi connectivity index (χ0n) is 7.21. The van der Waals surface area contributed by atoms with Gasteiger partial charge in [-0.2, -0.15) is 0 Å².